The highest BCUT2D eigenvalue weighted by Crippen LogP contribution is 2.29. The Kier molecular flexibility index (Phi) is 5.61. The molecule has 2 aromatic heterocycles. The number of anilines is 2. The van der Waals surface area contributed by atoms with Crippen LogP contribution >= 0.6 is 11.5 Å². The van der Waals surface area contributed by atoms with E-state index in [9.17, 15) is 13.2 Å². The molecule has 3 rings (SSSR count). The van der Waals surface area contributed by atoms with E-state index in [-0.39, 0.29) is 16.5 Å². The third-order valence-corrected chi connectivity index (χ3v) is 6.03. The lowest BCUT2D eigenvalue weighted by Gasteiger charge is -2.15. The summed E-state index contributed by atoms with van der Waals surface area (Å²) in [6.07, 6.45) is 2.84. The number of carbonyl (C=O) groups is 1. The first-order chi connectivity index (χ1) is 13.3. The number of rotatable bonds is 6. The number of pyridine rings is 1. The summed E-state index contributed by atoms with van der Waals surface area (Å²) in [6, 6.07) is 8.34. The highest BCUT2D eigenvalue weighted by atomic mass is 32.2. The van der Waals surface area contributed by atoms with Crippen LogP contribution in [0, 0.1) is 13.8 Å². The number of hydrogen-bond acceptors (Lipinski definition) is 7. The maximum atomic E-state index is 13.0. The van der Waals surface area contributed by atoms with Gasteiger partial charge in [-0.3, -0.25) is 9.52 Å². The molecule has 1 amide bonds. The van der Waals surface area contributed by atoms with Crippen molar-refractivity contribution in [2.45, 2.75) is 18.7 Å². The van der Waals surface area contributed by atoms with Crippen LogP contribution in [0.15, 0.2) is 47.6 Å². The summed E-state index contributed by atoms with van der Waals surface area (Å²) < 4.78 is 37.6. The number of benzene rings is 1. The molecule has 146 valence electrons. The molecule has 0 aliphatic rings. The Balaban J connectivity index is 1.96. The van der Waals surface area contributed by atoms with Crippen molar-refractivity contribution in [3.8, 4) is 5.88 Å². The molecule has 0 spiro atoms. The molecule has 0 aliphatic carbocycles. The van der Waals surface area contributed by atoms with Gasteiger partial charge in [-0.05, 0) is 48.6 Å². The Bertz CT molecular complexity index is 1090. The second kappa shape index (κ2) is 7.95. The molecule has 0 aliphatic heterocycles. The zero-order chi connectivity index (χ0) is 20.3. The smallest absolute Gasteiger partial charge is 0.267 e. The molecule has 0 radical (unpaired) electrons. The number of carbonyl (C=O) groups excluding carboxylic acids is 1. The Morgan fingerprint density at radius 2 is 1.89 bits per heavy atom. The number of nitrogens with one attached hydrogen (secondary N) is 2. The summed E-state index contributed by atoms with van der Waals surface area (Å²) in [7, 11) is -2.68. The van der Waals surface area contributed by atoms with E-state index in [0.29, 0.717) is 10.6 Å². The zero-order valence-corrected chi connectivity index (χ0v) is 17.0. The summed E-state index contributed by atoms with van der Waals surface area (Å²) >= 11 is 1.03. The number of para-hydroxylation sites is 1. The van der Waals surface area contributed by atoms with Gasteiger partial charge in [0.1, 0.15) is 4.88 Å². The van der Waals surface area contributed by atoms with Gasteiger partial charge in [0.15, 0.2) is 4.90 Å². The Morgan fingerprint density at radius 1 is 1.18 bits per heavy atom. The summed E-state index contributed by atoms with van der Waals surface area (Å²) in [6.45, 7) is 3.62. The summed E-state index contributed by atoms with van der Waals surface area (Å²) in [4.78, 5) is 16.4. The van der Waals surface area contributed by atoms with Gasteiger partial charge in [-0.15, -0.1) is 0 Å². The SMILES string of the molecule is COc1ncc(NC(=O)c2ccns2)cc1S(=O)(=O)Nc1c(C)cccc1C. The van der Waals surface area contributed by atoms with E-state index in [1.54, 1.807) is 6.07 Å². The third-order valence-electron chi connectivity index (χ3n) is 3.94. The lowest BCUT2D eigenvalue weighted by Crippen LogP contribution is -2.17. The summed E-state index contributed by atoms with van der Waals surface area (Å²) in [5, 5.41) is 2.62. The van der Waals surface area contributed by atoms with Crippen molar-refractivity contribution in [3.05, 3.63) is 58.7 Å². The number of aryl methyl sites for hydroxylation is 2. The Labute approximate surface area is 166 Å². The van der Waals surface area contributed by atoms with Gasteiger partial charge in [0.25, 0.3) is 15.9 Å². The van der Waals surface area contributed by atoms with E-state index in [4.69, 9.17) is 4.74 Å². The topological polar surface area (TPSA) is 110 Å². The number of sulfonamides is 1. The Morgan fingerprint density at radius 3 is 2.50 bits per heavy atom. The number of nitrogens with zero attached hydrogens (tertiary/aromatic N) is 2. The molecule has 0 fully saturated rings. The van der Waals surface area contributed by atoms with Gasteiger partial charge >= 0.3 is 0 Å². The van der Waals surface area contributed by atoms with Gasteiger partial charge in [-0.1, -0.05) is 18.2 Å². The van der Waals surface area contributed by atoms with E-state index >= 15 is 0 Å². The van der Waals surface area contributed by atoms with Crippen LogP contribution in [-0.2, 0) is 10.0 Å². The maximum Gasteiger partial charge on any atom is 0.267 e. The van der Waals surface area contributed by atoms with E-state index in [0.717, 1.165) is 22.7 Å². The van der Waals surface area contributed by atoms with Gasteiger partial charge < -0.3 is 10.1 Å². The van der Waals surface area contributed by atoms with Crippen molar-refractivity contribution in [2.24, 2.45) is 0 Å². The van der Waals surface area contributed by atoms with Gasteiger partial charge in [0.05, 0.1) is 24.7 Å². The lowest BCUT2D eigenvalue weighted by atomic mass is 10.1. The van der Waals surface area contributed by atoms with E-state index in [1.807, 2.05) is 32.0 Å². The van der Waals surface area contributed by atoms with Crippen LogP contribution in [0.5, 0.6) is 5.88 Å². The largest absolute Gasteiger partial charge is 0.480 e. The minimum atomic E-state index is -4.01. The standard InChI is InChI=1S/C18H18N4O4S2/c1-11-5-4-6-12(2)16(11)22-28(24,25)15-9-13(10-19-18(15)26-3)21-17(23)14-7-8-20-27-14/h4-10,22H,1-3H3,(H,21,23). The Hall–Kier alpha value is -2.98. The highest BCUT2D eigenvalue weighted by molar-refractivity contribution is 7.92. The third kappa shape index (κ3) is 4.12. The molecule has 0 unspecified atom stereocenters. The average Bonchev–Trinajstić information content (AvgIpc) is 3.20. The van der Waals surface area contributed by atoms with E-state index in [1.165, 1.54) is 25.6 Å². The molecule has 0 saturated carbocycles. The maximum absolute atomic E-state index is 13.0. The number of hydrogen-bond donors (Lipinski definition) is 2. The minimum absolute atomic E-state index is 0.0745. The van der Waals surface area contributed by atoms with Crippen LogP contribution in [0.25, 0.3) is 0 Å². The molecular weight excluding hydrogens is 400 g/mol. The van der Waals surface area contributed by atoms with Crippen LogP contribution in [0.2, 0.25) is 0 Å². The lowest BCUT2D eigenvalue weighted by molar-refractivity contribution is 0.103. The normalized spacial score (nSPS) is 11.1. The summed E-state index contributed by atoms with van der Waals surface area (Å²) in [5.74, 6) is -0.477. The second-order valence-corrected chi connectivity index (χ2v) is 8.42. The van der Waals surface area contributed by atoms with Gasteiger partial charge in [-0.25, -0.2) is 17.8 Å². The first-order valence-electron chi connectivity index (χ1n) is 8.17. The van der Waals surface area contributed by atoms with Gasteiger partial charge in [-0.2, -0.15) is 0 Å². The number of methoxy groups -OCH3 is 1. The van der Waals surface area contributed by atoms with Gasteiger partial charge in [0, 0.05) is 6.20 Å². The fourth-order valence-electron chi connectivity index (χ4n) is 2.54. The molecule has 3 aromatic rings. The fraction of sp³-hybridized carbons (Fsp3) is 0.167. The molecule has 0 atom stereocenters. The first kappa shape index (κ1) is 19.8. The summed E-state index contributed by atoms with van der Waals surface area (Å²) in [5.41, 5.74) is 2.28. The van der Waals surface area contributed by atoms with Crippen molar-refractivity contribution in [1.29, 1.82) is 0 Å². The van der Waals surface area contributed by atoms with Crippen molar-refractivity contribution in [2.75, 3.05) is 17.1 Å². The van der Waals surface area contributed by atoms with Crippen LogP contribution in [0.3, 0.4) is 0 Å². The predicted molar refractivity (Wildman–Crippen MR) is 108 cm³/mol. The zero-order valence-electron chi connectivity index (χ0n) is 15.4. The fourth-order valence-corrected chi connectivity index (χ4v) is 4.38. The van der Waals surface area contributed by atoms with E-state index in [2.05, 4.69) is 19.4 Å². The number of amides is 1. The minimum Gasteiger partial charge on any atom is -0.480 e. The van der Waals surface area contributed by atoms with Crippen molar-refractivity contribution < 1.29 is 17.9 Å². The van der Waals surface area contributed by atoms with Crippen molar-refractivity contribution in [1.82, 2.24) is 9.36 Å². The molecule has 1 aromatic carbocycles. The quantitative estimate of drug-likeness (QED) is 0.636. The monoisotopic (exact) mass is 418 g/mol. The molecule has 2 heterocycles. The van der Waals surface area contributed by atoms with Crippen LogP contribution in [0.1, 0.15) is 20.8 Å². The molecule has 28 heavy (non-hydrogen) atoms. The molecule has 10 heteroatoms. The average molecular weight is 419 g/mol. The van der Waals surface area contributed by atoms with Crippen molar-refractivity contribution >= 4 is 38.8 Å². The second-order valence-electron chi connectivity index (χ2n) is 5.93. The van der Waals surface area contributed by atoms with Gasteiger partial charge in [0.2, 0.25) is 5.88 Å². The molecule has 2 N–H and O–H groups in total. The number of aromatic nitrogens is 2. The van der Waals surface area contributed by atoms with Crippen LogP contribution < -0.4 is 14.8 Å². The van der Waals surface area contributed by atoms with Crippen LogP contribution in [-0.4, -0.2) is 30.8 Å². The predicted octanol–water partition coefficient (Wildman–Crippen LogP) is 3.22. The molecule has 0 saturated heterocycles. The molecular formula is C18H18N4O4S2. The highest BCUT2D eigenvalue weighted by Gasteiger charge is 2.23. The molecule has 8 nitrogen and oxygen atoms in total. The first-order valence-corrected chi connectivity index (χ1v) is 10.4. The number of ether oxygens (including phenoxy) is 1. The van der Waals surface area contributed by atoms with Crippen molar-refractivity contribution in [3.63, 3.8) is 0 Å². The van der Waals surface area contributed by atoms with Crippen LogP contribution in [0.4, 0.5) is 11.4 Å². The molecule has 0 bridgehead atoms. The van der Waals surface area contributed by atoms with E-state index < -0.39 is 15.9 Å².